The van der Waals surface area contributed by atoms with Crippen LogP contribution in [-0.2, 0) is 16.0 Å². The van der Waals surface area contributed by atoms with Gasteiger partial charge < -0.3 is 10.5 Å². The van der Waals surface area contributed by atoms with Crippen LogP contribution in [0.3, 0.4) is 0 Å². The zero-order chi connectivity index (χ0) is 11.1. The molecule has 0 fully saturated rings. The summed E-state index contributed by atoms with van der Waals surface area (Å²) < 4.78 is 4.88. The van der Waals surface area contributed by atoms with Crippen LogP contribution in [0.1, 0.15) is 5.56 Å². The lowest BCUT2D eigenvalue weighted by Crippen LogP contribution is -2.34. The standard InChI is InChI=1S/C11H15NO2S/c12-10(11(13)14-6-7-15)8-9-4-2-1-3-5-9/h1-5,10,15H,6-8,12H2. The summed E-state index contributed by atoms with van der Waals surface area (Å²) in [5, 5.41) is 0. The number of benzene rings is 1. The van der Waals surface area contributed by atoms with Gasteiger partial charge in [0.05, 0.1) is 0 Å². The Morgan fingerprint density at radius 1 is 1.40 bits per heavy atom. The van der Waals surface area contributed by atoms with Gasteiger partial charge in [-0.05, 0) is 12.0 Å². The fourth-order valence-electron chi connectivity index (χ4n) is 1.20. The van der Waals surface area contributed by atoms with E-state index >= 15 is 0 Å². The molecule has 15 heavy (non-hydrogen) atoms. The molecule has 0 saturated heterocycles. The molecule has 0 spiro atoms. The van der Waals surface area contributed by atoms with E-state index < -0.39 is 6.04 Å². The van der Waals surface area contributed by atoms with Crippen molar-refractivity contribution in [3.05, 3.63) is 35.9 Å². The SMILES string of the molecule is NC(Cc1ccccc1)C(=O)OCCS. The van der Waals surface area contributed by atoms with Crippen LogP contribution >= 0.6 is 12.6 Å². The Morgan fingerprint density at radius 3 is 2.67 bits per heavy atom. The first-order valence-electron chi connectivity index (χ1n) is 4.81. The minimum atomic E-state index is -0.590. The Bertz CT molecular complexity index is 303. The summed E-state index contributed by atoms with van der Waals surface area (Å²) in [7, 11) is 0. The Morgan fingerprint density at radius 2 is 2.07 bits per heavy atom. The molecule has 0 aliphatic heterocycles. The van der Waals surface area contributed by atoms with Crippen molar-refractivity contribution in [2.24, 2.45) is 5.73 Å². The van der Waals surface area contributed by atoms with E-state index in [0.29, 0.717) is 18.8 Å². The van der Waals surface area contributed by atoms with Gasteiger partial charge in [0.1, 0.15) is 12.6 Å². The highest BCUT2D eigenvalue weighted by Gasteiger charge is 2.14. The van der Waals surface area contributed by atoms with Gasteiger partial charge in [0.2, 0.25) is 0 Å². The van der Waals surface area contributed by atoms with Gasteiger partial charge in [0.15, 0.2) is 0 Å². The smallest absolute Gasteiger partial charge is 0.323 e. The van der Waals surface area contributed by atoms with Crippen molar-refractivity contribution >= 4 is 18.6 Å². The second-order valence-corrected chi connectivity index (χ2v) is 3.63. The second kappa shape index (κ2) is 6.48. The van der Waals surface area contributed by atoms with Gasteiger partial charge in [0, 0.05) is 5.75 Å². The van der Waals surface area contributed by atoms with Gasteiger partial charge in [-0.1, -0.05) is 30.3 Å². The highest BCUT2D eigenvalue weighted by atomic mass is 32.1. The lowest BCUT2D eigenvalue weighted by atomic mass is 10.1. The number of carbonyl (C=O) groups is 1. The number of nitrogens with two attached hydrogens (primary N) is 1. The normalized spacial score (nSPS) is 12.1. The van der Waals surface area contributed by atoms with Crippen molar-refractivity contribution in [2.75, 3.05) is 12.4 Å². The van der Waals surface area contributed by atoms with Gasteiger partial charge in [-0.25, -0.2) is 0 Å². The third kappa shape index (κ3) is 4.36. The van der Waals surface area contributed by atoms with E-state index in [0.717, 1.165) is 5.56 Å². The first-order valence-corrected chi connectivity index (χ1v) is 5.44. The van der Waals surface area contributed by atoms with Crippen LogP contribution in [0.25, 0.3) is 0 Å². The van der Waals surface area contributed by atoms with Crippen molar-refractivity contribution in [1.29, 1.82) is 0 Å². The van der Waals surface area contributed by atoms with E-state index in [2.05, 4.69) is 12.6 Å². The topological polar surface area (TPSA) is 52.3 Å². The van der Waals surface area contributed by atoms with Gasteiger partial charge >= 0.3 is 5.97 Å². The van der Waals surface area contributed by atoms with Crippen molar-refractivity contribution < 1.29 is 9.53 Å². The summed E-state index contributed by atoms with van der Waals surface area (Å²) in [6.45, 7) is 0.310. The molecule has 3 nitrogen and oxygen atoms in total. The molecule has 4 heteroatoms. The zero-order valence-electron chi connectivity index (χ0n) is 8.43. The highest BCUT2D eigenvalue weighted by Crippen LogP contribution is 2.02. The number of ether oxygens (including phenoxy) is 1. The molecule has 1 aromatic rings. The van der Waals surface area contributed by atoms with Crippen LogP contribution in [0.5, 0.6) is 0 Å². The molecule has 1 aromatic carbocycles. The summed E-state index contributed by atoms with van der Waals surface area (Å²) in [6.07, 6.45) is 0.506. The number of rotatable bonds is 5. The molecule has 1 unspecified atom stereocenters. The molecule has 0 heterocycles. The molecule has 82 valence electrons. The maximum Gasteiger partial charge on any atom is 0.323 e. The van der Waals surface area contributed by atoms with Crippen LogP contribution in [-0.4, -0.2) is 24.4 Å². The van der Waals surface area contributed by atoms with E-state index in [4.69, 9.17) is 10.5 Å². The molecule has 0 aliphatic carbocycles. The summed E-state index contributed by atoms with van der Waals surface area (Å²) >= 11 is 3.94. The van der Waals surface area contributed by atoms with Crippen LogP contribution in [0.4, 0.5) is 0 Å². The van der Waals surface area contributed by atoms with Crippen LogP contribution in [0.2, 0.25) is 0 Å². The third-order valence-electron chi connectivity index (χ3n) is 1.94. The molecule has 0 saturated carbocycles. The Labute approximate surface area is 95.0 Å². The lowest BCUT2D eigenvalue weighted by molar-refractivity contribution is -0.144. The minimum Gasteiger partial charge on any atom is -0.464 e. The monoisotopic (exact) mass is 225 g/mol. The first kappa shape index (κ1) is 12.1. The number of carbonyl (C=O) groups excluding carboxylic acids is 1. The van der Waals surface area contributed by atoms with Gasteiger partial charge in [-0.15, -0.1) is 0 Å². The largest absolute Gasteiger partial charge is 0.464 e. The lowest BCUT2D eigenvalue weighted by Gasteiger charge is -2.10. The van der Waals surface area contributed by atoms with E-state index in [1.807, 2.05) is 30.3 Å². The minimum absolute atomic E-state index is 0.310. The predicted octanol–water partition coefficient (Wildman–Crippen LogP) is 1.03. The number of thiol groups is 1. The molecule has 1 rings (SSSR count). The molecule has 0 aliphatic rings. The summed E-state index contributed by atoms with van der Waals surface area (Å²) in [4.78, 5) is 11.3. The Hall–Kier alpha value is -1.00. The Balaban J connectivity index is 2.41. The number of hydrogen-bond donors (Lipinski definition) is 2. The molecular formula is C11H15NO2S. The maximum absolute atomic E-state index is 11.3. The molecule has 0 bridgehead atoms. The molecule has 0 amide bonds. The van der Waals surface area contributed by atoms with E-state index in [9.17, 15) is 4.79 Å². The quantitative estimate of drug-likeness (QED) is 0.581. The van der Waals surface area contributed by atoms with Crippen LogP contribution < -0.4 is 5.73 Å². The van der Waals surface area contributed by atoms with Crippen molar-refractivity contribution in [3.8, 4) is 0 Å². The number of hydrogen-bond acceptors (Lipinski definition) is 4. The summed E-state index contributed by atoms with van der Waals surface area (Å²) in [6, 6.07) is 9.04. The van der Waals surface area contributed by atoms with E-state index in [1.54, 1.807) is 0 Å². The molecular weight excluding hydrogens is 210 g/mol. The fraction of sp³-hybridized carbons (Fsp3) is 0.364. The molecule has 0 radical (unpaired) electrons. The van der Waals surface area contributed by atoms with Gasteiger partial charge in [0.25, 0.3) is 0 Å². The highest BCUT2D eigenvalue weighted by molar-refractivity contribution is 7.80. The third-order valence-corrected chi connectivity index (χ3v) is 2.12. The Kier molecular flexibility index (Phi) is 5.21. The number of esters is 1. The van der Waals surface area contributed by atoms with Crippen molar-refractivity contribution in [2.45, 2.75) is 12.5 Å². The van der Waals surface area contributed by atoms with Crippen molar-refractivity contribution in [1.82, 2.24) is 0 Å². The van der Waals surface area contributed by atoms with Gasteiger partial charge in [-0.3, -0.25) is 4.79 Å². The van der Waals surface area contributed by atoms with Crippen LogP contribution in [0, 0.1) is 0 Å². The first-order chi connectivity index (χ1) is 7.24. The summed E-state index contributed by atoms with van der Waals surface area (Å²) in [5.41, 5.74) is 6.73. The van der Waals surface area contributed by atoms with Crippen LogP contribution in [0.15, 0.2) is 30.3 Å². The van der Waals surface area contributed by atoms with Gasteiger partial charge in [-0.2, -0.15) is 12.6 Å². The average molecular weight is 225 g/mol. The van der Waals surface area contributed by atoms with E-state index in [1.165, 1.54) is 0 Å². The average Bonchev–Trinajstić information content (AvgIpc) is 2.27. The molecule has 0 aromatic heterocycles. The summed E-state index contributed by atoms with van der Waals surface area (Å²) in [5.74, 6) is 0.150. The fourth-order valence-corrected chi connectivity index (χ4v) is 1.30. The maximum atomic E-state index is 11.3. The second-order valence-electron chi connectivity index (χ2n) is 3.19. The molecule has 2 N–H and O–H groups in total. The van der Waals surface area contributed by atoms with Crippen molar-refractivity contribution in [3.63, 3.8) is 0 Å². The predicted molar refractivity (Wildman–Crippen MR) is 62.9 cm³/mol. The van der Waals surface area contributed by atoms with E-state index in [-0.39, 0.29) is 5.97 Å². The zero-order valence-corrected chi connectivity index (χ0v) is 9.32. The molecule has 1 atom stereocenters.